The minimum atomic E-state index is -3.94. The molecule has 0 aromatic rings. The molecule has 0 aromatic carbocycles. The van der Waals surface area contributed by atoms with Crippen molar-refractivity contribution in [3.63, 3.8) is 0 Å². The van der Waals surface area contributed by atoms with Gasteiger partial charge in [-0.25, -0.2) is 8.78 Å². The van der Waals surface area contributed by atoms with Gasteiger partial charge in [0, 0.05) is 12.8 Å². The fourth-order valence-electron chi connectivity index (χ4n) is 3.59. The smallest absolute Gasteiger partial charge is 0.312 e. The van der Waals surface area contributed by atoms with Crippen molar-refractivity contribution in [1.82, 2.24) is 0 Å². The van der Waals surface area contributed by atoms with Gasteiger partial charge >= 0.3 is 11.8 Å². The maximum atomic E-state index is 13.8. The summed E-state index contributed by atoms with van der Waals surface area (Å²) >= 11 is 0. The lowest BCUT2D eigenvalue weighted by atomic mass is 9.80. The van der Waals surface area contributed by atoms with Gasteiger partial charge in [0.15, 0.2) is 0 Å². The summed E-state index contributed by atoms with van der Waals surface area (Å²) in [6.07, 6.45) is 1.18. The van der Waals surface area contributed by atoms with E-state index in [1.165, 1.54) is 0 Å². The molecule has 0 radical (unpaired) electrons. The molecule has 0 saturated heterocycles. The second-order valence-corrected chi connectivity index (χ2v) is 7.11. The molecule has 0 aromatic heterocycles. The van der Waals surface area contributed by atoms with Gasteiger partial charge in [-0.05, 0) is 51.9 Å². The fraction of sp³-hybridized carbons (Fsp3) is 1.00. The van der Waals surface area contributed by atoms with Crippen molar-refractivity contribution in [1.29, 1.82) is 0 Å². The van der Waals surface area contributed by atoms with Crippen LogP contribution in [0.3, 0.4) is 0 Å². The minimum absolute atomic E-state index is 0.00227. The Balaban J connectivity index is 2.04. The lowest BCUT2D eigenvalue weighted by molar-refractivity contribution is -0.238. The Bertz CT molecular complexity index is 342. The third-order valence-corrected chi connectivity index (χ3v) is 4.35. The van der Waals surface area contributed by atoms with Crippen molar-refractivity contribution in [2.24, 2.45) is 17.8 Å². The molecular formula is C14H22F4O. The standard InChI is InChI=1S/C14H22F4O/c1-12(2,3)19-11-7-8-5-9(11)6-10(8)14(17,18)13(4,15)16/h8-11H,5-7H2,1-4H3. The van der Waals surface area contributed by atoms with E-state index < -0.39 is 17.8 Å². The zero-order valence-electron chi connectivity index (χ0n) is 11.9. The van der Waals surface area contributed by atoms with E-state index in [9.17, 15) is 17.6 Å². The number of ether oxygens (including phenoxy) is 1. The van der Waals surface area contributed by atoms with Crippen LogP contribution in [0.5, 0.6) is 0 Å². The van der Waals surface area contributed by atoms with Gasteiger partial charge in [0.25, 0.3) is 0 Å². The summed E-state index contributed by atoms with van der Waals surface area (Å²) < 4.78 is 59.5. The third-order valence-electron chi connectivity index (χ3n) is 4.35. The summed E-state index contributed by atoms with van der Waals surface area (Å²) in [4.78, 5) is 0. The molecule has 0 spiro atoms. The number of hydrogen-bond donors (Lipinski definition) is 0. The zero-order valence-corrected chi connectivity index (χ0v) is 11.9. The third kappa shape index (κ3) is 2.76. The van der Waals surface area contributed by atoms with Crippen molar-refractivity contribution in [2.75, 3.05) is 0 Å². The van der Waals surface area contributed by atoms with Crippen LogP contribution in [0.1, 0.15) is 47.0 Å². The highest BCUT2D eigenvalue weighted by Crippen LogP contribution is 2.58. The number of fused-ring (bicyclic) bond motifs is 2. The van der Waals surface area contributed by atoms with Gasteiger partial charge in [-0.15, -0.1) is 0 Å². The van der Waals surface area contributed by atoms with E-state index in [0.717, 1.165) is 0 Å². The maximum absolute atomic E-state index is 13.8. The van der Waals surface area contributed by atoms with Gasteiger partial charge in [-0.1, -0.05) is 0 Å². The molecule has 0 heterocycles. The second kappa shape index (κ2) is 4.34. The van der Waals surface area contributed by atoms with Gasteiger partial charge in [-0.2, -0.15) is 8.78 Å². The molecule has 0 aliphatic heterocycles. The summed E-state index contributed by atoms with van der Waals surface area (Å²) in [5.41, 5.74) is -0.318. The molecule has 4 atom stereocenters. The van der Waals surface area contributed by atoms with Crippen LogP contribution < -0.4 is 0 Å². The van der Waals surface area contributed by atoms with Crippen LogP contribution in [0, 0.1) is 17.8 Å². The summed E-state index contributed by atoms with van der Waals surface area (Å²) in [6.45, 7) is 6.09. The summed E-state index contributed by atoms with van der Waals surface area (Å²) in [5, 5.41) is 0. The monoisotopic (exact) mass is 282 g/mol. The van der Waals surface area contributed by atoms with Crippen LogP contribution in [0.15, 0.2) is 0 Å². The number of hydrogen-bond acceptors (Lipinski definition) is 1. The van der Waals surface area contributed by atoms with E-state index in [-0.39, 0.29) is 30.0 Å². The van der Waals surface area contributed by atoms with Gasteiger partial charge in [0.2, 0.25) is 0 Å². The molecule has 0 N–H and O–H groups in total. The molecule has 0 amide bonds. The van der Waals surface area contributed by atoms with Crippen LogP contribution in [0.25, 0.3) is 0 Å². The molecule has 112 valence electrons. The number of alkyl halides is 4. The van der Waals surface area contributed by atoms with Gasteiger partial charge < -0.3 is 4.74 Å². The Morgan fingerprint density at radius 1 is 0.842 bits per heavy atom. The summed E-state index contributed by atoms with van der Waals surface area (Å²) in [5.74, 6) is -9.38. The summed E-state index contributed by atoms with van der Waals surface area (Å²) in [6, 6.07) is 0. The lowest BCUT2D eigenvalue weighted by Crippen LogP contribution is -2.47. The number of halogens is 4. The quantitative estimate of drug-likeness (QED) is 0.692. The molecule has 19 heavy (non-hydrogen) atoms. The average Bonchev–Trinajstić information content (AvgIpc) is 2.71. The molecule has 2 bridgehead atoms. The Morgan fingerprint density at radius 3 is 1.79 bits per heavy atom. The Hall–Kier alpha value is -0.320. The first-order valence-corrected chi connectivity index (χ1v) is 6.85. The molecular weight excluding hydrogens is 260 g/mol. The van der Waals surface area contributed by atoms with Crippen LogP contribution in [-0.2, 0) is 4.74 Å². The SMILES string of the molecule is CC(C)(C)OC1CC2CC1CC2C(F)(F)C(C)(F)F. The molecule has 5 heteroatoms. The van der Waals surface area contributed by atoms with E-state index in [2.05, 4.69) is 0 Å². The van der Waals surface area contributed by atoms with E-state index in [4.69, 9.17) is 4.74 Å². The topological polar surface area (TPSA) is 9.23 Å². The first kappa shape index (κ1) is 15.1. The van der Waals surface area contributed by atoms with E-state index in [1.54, 1.807) is 0 Å². The second-order valence-electron chi connectivity index (χ2n) is 7.11. The lowest BCUT2D eigenvalue weighted by Gasteiger charge is -2.37. The van der Waals surface area contributed by atoms with Crippen molar-refractivity contribution in [3.8, 4) is 0 Å². The Kier molecular flexibility index (Phi) is 3.44. The van der Waals surface area contributed by atoms with Crippen molar-refractivity contribution >= 4 is 0 Å². The molecule has 2 aliphatic rings. The van der Waals surface area contributed by atoms with Crippen LogP contribution in [0.2, 0.25) is 0 Å². The molecule has 2 fully saturated rings. The molecule has 4 unspecified atom stereocenters. The van der Waals surface area contributed by atoms with Crippen LogP contribution in [0.4, 0.5) is 17.6 Å². The van der Waals surface area contributed by atoms with Crippen molar-refractivity contribution < 1.29 is 22.3 Å². The molecule has 2 aliphatic carbocycles. The maximum Gasteiger partial charge on any atom is 0.312 e. The Morgan fingerprint density at radius 2 is 1.42 bits per heavy atom. The van der Waals surface area contributed by atoms with Gasteiger partial charge in [0.05, 0.1) is 11.7 Å². The van der Waals surface area contributed by atoms with Crippen molar-refractivity contribution in [3.05, 3.63) is 0 Å². The fourth-order valence-corrected chi connectivity index (χ4v) is 3.59. The zero-order chi connectivity index (χ0) is 14.6. The van der Waals surface area contributed by atoms with Crippen LogP contribution in [-0.4, -0.2) is 23.6 Å². The van der Waals surface area contributed by atoms with Gasteiger partial charge in [0.1, 0.15) is 0 Å². The van der Waals surface area contributed by atoms with Gasteiger partial charge in [-0.3, -0.25) is 0 Å². The van der Waals surface area contributed by atoms with Crippen molar-refractivity contribution in [2.45, 2.75) is 70.5 Å². The highest BCUT2D eigenvalue weighted by atomic mass is 19.3. The first-order valence-electron chi connectivity index (χ1n) is 6.85. The largest absolute Gasteiger partial charge is 0.372 e. The van der Waals surface area contributed by atoms with E-state index in [1.807, 2.05) is 20.8 Å². The minimum Gasteiger partial charge on any atom is -0.372 e. The number of rotatable bonds is 3. The highest BCUT2D eigenvalue weighted by molar-refractivity contribution is 5.03. The predicted molar refractivity (Wildman–Crippen MR) is 64.5 cm³/mol. The molecule has 2 rings (SSSR count). The summed E-state index contributed by atoms with van der Waals surface area (Å²) in [7, 11) is 0. The highest BCUT2D eigenvalue weighted by Gasteiger charge is 2.64. The Labute approximate surface area is 111 Å². The average molecular weight is 282 g/mol. The van der Waals surface area contributed by atoms with E-state index >= 15 is 0 Å². The molecule has 1 nitrogen and oxygen atoms in total. The normalized spacial score (nSPS) is 36.0. The van der Waals surface area contributed by atoms with Crippen LogP contribution >= 0.6 is 0 Å². The van der Waals surface area contributed by atoms with E-state index in [0.29, 0.717) is 19.8 Å². The predicted octanol–water partition coefficient (Wildman–Crippen LogP) is 4.51. The first-order chi connectivity index (χ1) is 8.42. The molecule has 2 saturated carbocycles.